The number of hydrogen-bond acceptors (Lipinski definition) is 4. The van der Waals surface area contributed by atoms with Gasteiger partial charge in [0.25, 0.3) is 0 Å². The van der Waals surface area contributed by atoms with Crippen LogP contribution in [-0.2, 0) is 4.79 Å². The molecule has 1 atom stereocenters. The SMILES string of the molecule is CC1Sc2cc(C=O)ccc2N(CCCN(C)C)C1=O. The molecule has 108 valence electrons. The number of rotatable bonds is 5. The van der Waals surface area contributed by atoms with E-state index < -0.39 is 0 Å². The molecule has 0 spiro atoms. The first-order valence-corrected chi connectivity index (χ1v) is 7.63. The van der Waals surface area contributed by atoms with E-state index in [-0.39, 0.29) is 11.2 Å². The van der Waals surface area contributed by atoms with Gasteiger partial charge in [0.2, 0.25) is 5.91 Å². The highest BCUT2D eigenvalue weighted by atomic mass is 32.2. The number of benzene rings is 1. The van der Waals surface area contributed by atoms with E-state index in [1.807, 2.05) is 38.1 Å². The number of amides is 1. The molecule has 0 aliphatic carbocycles. The Balaban J connectivity index is 2.22. The van der Waals surface area contributed by atoms with Gasteiger partial charge < -0.3 is 9.80 Å². The Morgan fingerprint density at radius 3 is 2.80 bits per heavy atom. The van der Waals surface area contributed by atoms with Gasteiger partial charge in [0, 0.05) is 17.0 Å². The second-order valence-electron chi connectivity index (χ2n) is 5.25. The standard InChI is InChI=1S/C15H20N2O2S/c1-11-15(19)17(8-4-7-16(2)3)13-6-5-12(10-18)9-14(13)20-11/h5-6,9-11H,4,7-8H2,1-3H3. The molecule has 0 N–H and O–H groups in total. The molecule has 0 aromatic heterocycles. The van der Waals surface area contributed by atoms with Gasteiger partial charge in [-0.3, -0.25) is 9.59 Å². The van der Waals surface area contributed by atoms with Crippen LogP contribution in [0.2, 0.25) is 0 Å². The van der Waals surface area contributed by atoms with Crippen LogP contribution < -0.4 is 4.90 Å². The van der Waals surface area contributed by atoms with Crippen molar-refractivity contribution in [3.63, 3.8) is 0 Å². The van der Waals surface area contributed by atoms with Gasteiger partial charge in [0.15, 0.2) is 0 Å². The van der Waals surface area contributed by atoms with E-state index in [0.29, 0.717) is 5.56 Å². The zero-order valence-electron chi connectivity index (χ0n) is 12.1. The summed E-state index contributed by atoms with van der Waals surface area (Å²) in [5, 5.41) is -0.0937. The van der Waals surface area contributed by atoms with Crippen molar-refractivity contribution in [2.45, 2.75) is 23.5 Å². The third-order valence-corrected chi connectivity index (χ3v) is 4.45. The fourth-order valence-electron chi connectivity index (χ4n) is 2.28. The Morgan fingerprint density at radius 2 is 2.15 bits per heavy atom. The van der Waals surface area contributed by atoms with Crippen molar-refractivity contribution in [1.82, 2.24) is 4.90 Å². The number of nitrogens with zero attached hydrogens (tertiary/aromatic N) is 2. The largest absolute Gasteiger partial charge is 0.310 e. The summed E-state index contributed by atoms with van der Waals surface area (Å²) in [5.74, 6) is 0.153. The molecule has 1 aromatic rings. The van der Waals surface area contributed by atoms with Crippen molar-refractivity contribution < 1.29 is 9.59 Å². The van der Waals surface area contributed by atoms with Crippen LogP contribution >= 0.6 is 11.8 Å². The topological polar surface area (TPSA) is 40.6 Å². The maximum absolute atomic E-state index is 12.3. The van der Waals surface area contributed by atoms with Crippen LogP contribution in [0.4, 0.5) is 5.69 Å². The molecule has 1 aliphatic rings. The van der Waals surface area contributed by atoms with Gasteiger partial charge in [-0.2, -0.15) is 0 Å². The Labute approximate surface area is 124 Å². The number of aldehydes is 1. The molecule has 0 bridgehead atoms. The highest BCUT2D eigenvalue weighted by Crippen LogP contribution is 2.39. The highest BCUT2D eigenvalue weighted by Gasteiger charge is 2.30. The first-order chi connectivity index (χ1) is 9.52. The zero-order chi connectivity index (χ0) is 14.7. The lowest BCUT2D eigenvalue weighted by atomic mass is 10.2. The van der Waals surface area contributed by atoms with Gasteiger partial charge >= 0.3 is 0 Å². The second kappa shape index (κ2) is 6.41. The normalized spacial score (nSPS) is 18.3. The molecule has 0 saturated carbocycles. The van der Waals surface area contributed by atoms with E-state index in [2.05, 4.69) is 4.90 Å². The van der Waals surface area contributed by atoms with Crippen molar-refractivity contribution >= 4 is 29.6 Å². The van der Waals surface area contributed by atoms with Gasteiger partial charge in [-0.25, -0.2) is 0 Å². The Bertz CT molecular complexity index is 517. The first-order valence-electron chi connectivity index (χ1n) is 6.75. The molecular formula is C15H20N2O2S. The predicted octanol–water partition coefficient (Wildman–Crippen LogP) is 2.28. The molecule has 0 fully saturated rings. The minimum Gasteiger partial charge on any atom is -0.310 e. The molecule has 1 amide bonds. The molecule has 2 rings (SSSR count). The van der Waals surface area contributed by atoms with Gasteiger partial charge in [0.05, 0.1) is 10.9 Å². The molecule has 1 unspecified atom stereocenters. The second-order valence-corrected chi connectivity index (χ2v) is 6.63. The quantitative estimate of drug-likeness (QED) is 0.781. The average molecular weight is 292 g/mol. The van der Waals surface area contributed by atoms with Crippen LogP contribution in [0.15, 0.2) is 23.1 Å². The molecule has 5 heteroatoms. The van der Waals surface area contributed by atoms with Crippen molar-refractivity contribution in [1.29, 1.82) is 0 Å². The number of carbonyl (C=O) groups excluding carboxylic acids is 2. The zero-order valence-corrected chi connectivity index (χ0v) is 12.9. The van der Waals surface area contributed by atoms with Crippen LogP contribution in [0, 0.1) is 0 Å². The van der Waals surface area contributed by atoms with E-state index in [1.54, 1.807) is 6.07 Å². The monoisotopic (exact) mass is 292 g/mol. The van der Waals surface area contributed by atoms with E-state index in [1.165, 1.54) is 11.8 Å². The van der Waals surface area contributed by atoms with Crippen LogP contribution in [0.25, 0.3) is 0 Å². The molecule has 1 aliphatic heterocycles. The molecule has 4 nitrogen and oxygen atoms in total. The van der Waals surface area contributed by atoms with Crippen LogP contribution in [0.5, 0.6) is 0 Å². The third kappa shape index (κ3) is 3.22. The molecule has 1 heterocycles. The summed E-state index contributed by atoms with van der Waals surface area (Å²) in [7, 11) is 4.06. The lowest BCUT2D eigenvalue weighted by Gasteiger charge is -2.32. The van der Waals surface area contributed by atoms with Crippen LogP contribution in [-0.4, -0.2) is 49.5 Å². The summed E-state index contributed by atoms with van der Waals surface area (Å²) in [4.78, 5) is 28.2. The maximum Gasteiger partial charge on any atom is 0.240 e. The van der Waals surface area contributed by atoms with Gasteiger partial charge in [-0.05, 0) is 52.2 Å². The molecular weight excluding hydrogens is 272 g/mol. The molecule has 20 heavy (non-hydrogen) atoms. The summed E-state index contributed by atoms with van der Waals surface area (Å²) in [6.45, 7) is 3.59. The number of carbonyl (C=O) groups is 2. The number of fused-ring (bicyclic) bond motifs is 1. The average Bonchev–Trinajstić information content (AvgIpc) is 2.42. The van der Waals surface area contributed by atoms with Gasteiger partial charge in [0.1, 0.15) is 6.29 Å². The fraction of sp³-hybridized carbons (Fsp3) is 0.467. The minimum absolute atomic E-state index is 0.0937. The van der Waals surface area contributed by atoms with Crippen molar-refractivity contribution in [2.75, 3.05) is 32.1 Å². The first kappa shape index (κ1) is 15.1. The van der Waals surface area contributed by atoms with Crippen LogP contribution in [0.3, 0.4) is 0 Å². The number of thioether (sulfide) groups is 1. The Morgan fingerprint density at radius 1 is 1.40 bits per heavy atom. The van der Waals surface area contributed by atoms with Gasteiger partial charge in [-0.15, -0.1) is 11.8 Å². The number of hydrogen-bond donors (Lipinski definition) is 0. The van der Waals surface area contributed by atoms with Crippen molar-refractivity contribution in [3.8, 4) is 0 Å². The van der Waals surface area contributed by atoms with E-state index in [4.69, 9.17) is 0 Å². The maximum atomic E-state index is 12.3. The van der Waals surface area contributed by atoms with E-state index in [0.717, 1.165) is 36.4 Å². The lowest BCUT2D eigenvalue weighted by molar-refractivity contribution is -0.118. The lowest BCUT2D eigenvalue weighted by Crippen LogP contribution is -2.41. The van der Waals surface area contributed by atoms with Gasteiger partial charge in [-0.1, -0.05) is 0 Å². The summed E-state index contributed by atoms with van der Waals surface area (Å²) in [6.07, 6.45) is 1.78. The Hall–Kier alpha value is -1.33. The van der Waals surface area contributed by atoms with Crippen molar-refractivity contribution in [2.24, 2.45) is 0 Å². The summed E-state index contributed by atoms with van der Waals surface area (Å²) >= 11 is 1.53. The predicted molar refractivity (Wildman–Crippen MR) is 82.7 cm³/mol. The van der Waals surface area contributed by atoms with E-state index >= 15 is 0 Å². The molecule has 0 radical (unpaired) electrons. The van der Waals surface area contributed by atoms with Crippen LogP contribution in [0.1, 0.15) is 23.7 Å². The number of anilines is 1. The molecule has 0 saturated heterocycles. The minimum atomic E-state index is -0.0937. The van der Waals surface area contributed by atoms with Crippen molar-refractivity contribution in [3.05, 3.63) is 23.8 Å². The molecule has 1 aromatic carbocycles. The fourth-order valence-corrected chi connectivity index (χ4v) is 3.39. The Kier molecular flexibility index (Phi) is 4.83. The third-order valence-electron chi connectivity index (χ3n) is 3.32. The summed E-state index contributed by atoms with van der Waals surface area (Å²) < 4.78 is 0. The summed E-state index contributed by atoms with van der Waals surface area (Å²) in [6, 6.07) is 5.52. The highest BCUT2D eigenvalue weighted by molar-refractivity contribution is 8.01. The van der Waals surface area contributed by atoms with E-state index in [9.17, 15) is 9.59 Å². The smallest absolute Gasteiger partial charge is 0.240 e. The summed E-state index contributed by atoms with van der Waals surface area (Å²) in [5.41, 5.74) is 1.59.